The summed E-state index contributed by atoms with van der Waals surface area (Å²) < 4.78 is 44.8. The molecular weight excluding hydrogens is 449 g/mol. The second kappa shape index (κ2) is 8.51. The van der Waals surface area contributed by atoms with Crippen molar-refractivity contribution in [1.29, 1.82) is 0 Å². The third kappa shape index (κ3) is 4.63. The molecule has 5 nitrogen and oxygen atoms in total. The largest absolute Gasteiger partial charge is 0.457 e. The highest BCUT2D eigenvalue weighted by Crippen LogP contribution is 2.34. The van der Waals surface area contributed by atoms with Crippen LogP contribution in [0.5, 0.6) is 11.5 Å². The minimum atomic E-state index is -4.41. The fourth-order valence-electron chi connectivity index (χ4n) is 3.24. The maximum atomic E-state index is 12.9. The second-order valence-electron chi connectivity index (χ2n) is 7.07. The predicted molar refractivity (Wildman–Crippen MR) is 122 cm³/mol. The first-order chi connectivity index (χ1) is 16.0. The lowest BCUT2D eigenvalue weighted by Crippen LogP contribution is -2.05. The van der Waals surface area contributed by atoms with E-state index in [9.17, 15) is 13.2 Å². The number of nitrogens with one attached hydrogen (secondary N) is 1. The Labute approximate surface area is 190 Å². The lowest BCUT2D eigenvalue weighted by Gasteiger charge is -2.09. The van der Waals surface area contributed by atoms with Gasteiger partial charge in [-0.15, -0.1) is 10.2 Å². The van der Waals surface area contributed by atoms with Crippen molar-refractivity contribution in [3.63, 3.8) is 0 Å². The number of hydrogen-bond acceptors (Lipinski definition) is 6. The van der Waals surface area contributed by atoms with Crippen LogP contribution >= 0.6 is 11.3 Å². The molecule has 0 bridgehead atoms. The van der Waals surface area contributed by atoms with Gasteiger partial charge in [0.25, 0.3) is 0 Å². The topological polar surface area (TPSA) is 59.9 Å². The van der Waals surface area contributed by atoms with E-state index in [1.807, 2.05) is 54.6 Å². The number of fused-ring (bicyclic) bond motifs is 1. The standard InChI is InChI=1S/C24H15F3N4OS/c25-24(26,27)16-4-3-5-17(14-16)29-23-31-30-22(33-23)15-8-10-18(11-9-15)32-21-12-13-28-20-7-2-1-6-19(20)21/h1-14H,(H,29,31). The van der Waals surface area contributed by atoms with Crippen LogP contribution in [0.3, 0.4) is 0 Å². The van der Waals surface area contributed by atoms with Gasteiger partial charge in [-0.05, 0) is 60.7 Å². The number of anilines is 2. The average molecular weight is 464 g/mol. The maximum absolute atomic E-state index is 12.9. The zero-order valence-corrected chi connectivity index (χ0v) is 17.7. The molecule has 2 heterocycles. The molecule has 0 unspecified atom stereocenters. The summed E-state index contributed by atoms with van der Waals surface area (Å²) in [5.41, 5.74) is 1.23. The number of alkyl halides is 3. The Balaban J connectivity index is 1.31. The first-order valence-electron chi connectivity index (χ1n) is 9.85. The van der Waals surface area contributed by atoms with Crippen molar-refractivity contribution in [2.75, 3.05) is 5.32 Å². The zero-order chi connectivity index (χ0) is 22.8. The molecule has 33 heavy (non-hydrogen) atoms. The van der Waals surface area contributed by atoms with Crippen molar-refractivity contribution >= 4 is 33.1 Å². The molecule has 5 rings (SSSR count). The third-order valence-corrected chi connectivity index (χ3v) is 5.69. The molecule has 0 aliphatic carbocycles. The van der Waals surface area contributed by atoms with Crippen LogP contribution in [0.2, 0.25) is 0 Å². The summed E-state index contributed by atoms with van der Waals surface area (Å²) >= 11 is 1.24. The van der Waals surface area contributed by atoms with Crippen LogP contribution in [-0.2, 0) is 6.18 Å². The molecule has 0 amide bonds. The Hall–Kier alpha value is -3.98. The van der Waals surface area contributed by atoms with Crippen LogP contribution in [0, 0.1) is 0 Å². The third-order valence-electron chi connectivity index (χ3n) is 4.80. The van der Waals surface area contributed by atoms with Crippen molar-refractivity contribution in [3.05, 3.63) is 90.6 Å². The Morgan fingerprint density at radius 3 is 2.48 bits per heavy atom. The minimum absolute atomic E-state index is 0.292. The Bertz CT molecular complexity index is 1410. The predicted octanol–water partition coefficient (Wildman–Crippen LogP) is 7.31. The Kier molecular flexibility index (Phi) is 5.39. The summed E-state index contributed by atoms with van der Waals surface area (Å²) in [5.74, 6) is 1.36. The van der Waals surface area contributed by atoms with Gasteiger partial charge in [-0.2, -0.15) is 13.2 Å². The van der Waals surface area contributed by atoms with Crippen molar-refractivity contribution < 1.29 is 17.9 Å². The lowest BCUT2D eigenvalue weighted by molar-refractivity contribution is -0.137. The van der Waals surface area contributed by atoms with Gasteiger partial charge in [0.05, 0.1) is 11.1 Å². The lowest BCUT2D eigenvalue weighted by atomic mass is 10.2. The summed E-state index contributed by atoms with van der Waals surface area (Å²) in [5, 5.41) is 13.0. The van der Waals surface area contributed by atoms with Crippen molar-refractivity contribution in [3.8, 4) is 22.1 Å². The number of halogens is 3. The Morgan fingerprint density at radius 2 is 1.67 bits per heavy atom. The number of aromatic nitrogens is 3. The summed E-state index contributed by atoms with van der Waals surface area (Å²) in [6.45, 7) is 0. The first kappa shape index (κ1) is 20.9. The van der Waals surface area contributed by atoms with Gasteiger partial charge >= 0.3 is 6.18 Å². The summed E-state index contributed by atoms with van der Waals surface area (Å²) in [6, 6.07) is 21.9. The molecule has 0 saturated heterocycles. The van der Waals surface area contributed by atoms with Crippen molar-refractivity contribution in [1.82, 2.24) is 15.2 Å². The number of ether oxygens (including phenoxy) is 1. The van der Waals surface area contributed by atoms with Crippen LogP contribution in [0.15, 0.2) is 85.1 Å². The quantitative estimate of drug-likeness (QED) is 0.296. The van der Waals surface area contributed by atoms with E-state index in [2.05, 4.69) is 20.5 Å². The molecular formula is C24H15F3N4OS. The number of benzene rings is 3. The van der Waals surface area contributed by atoms with Crippen LogP contribution < -0.4 is 10.1 Å². The fourth-order valence-corrected chi connectivity index (χ4v) is 4.01. The van der Waals surface area contributed by atoms with Gasteiger partial charge in [0.2, 0.25) is 5.13 Å². The molecule has 0 saturated carbocycles. The van der Waals surface area contributed by atoms with E-state index in [-0.39, 0.29) is 0 Å². The number of nitrogens with zero attached hydrogens (tertiary/aromatic N) is 3. The highest BCUT2D eigenvalue weighted by molar-refractivity contribution is 7.18. The molecule has 0 fully saturated rings. The zero-order valence-electron chi connectivity index (χ0n) is 16.9. The second-order valence-corrected chi connectivity index (χ2v) is 8.05. The van der Waals surface area contributed by atoms with Gasteiger partial charge in [-0.25, -0.2) is 0 Å². The smallest absolute Gasteiger partial charge is 0.416 e. The van der Waals surface area contributed by atoms with Crippen LogP contribution in [0.1, 0.15) is 5.56 Å². The van der Waals surface area contributed by atoms with Crippen LogP contribution in [-0.4, -0.2) is 15.2 Å². The van der Waals surface area contributed by atoms with E-state index in [0.29, 0.717) is 27.3 Å². The van der Waals surface area contributed by atoms with E-state index in [0.717, 1.165) is 28.6 Å². The molecule has 3 aromatic carbocycles. The summed E-state index contributed by atoms with van der Waals surface area (Å²) in [6.07, 6.45) is -2.71. The normalized spacial score (nSPS) is 11.5. The van der Waals surface area contributed by atoms with E-state index >= 15 is 0 Å². The van der Waals surface area contributed by atoms with Crippen LogP contribution in [0.25, 0.3) is 21.5 Å². The minimum Gasteiger partial charge on any atom is -0.457 e. The number of rotatable bonds is 5. The molecule has 0 aliphatic heterocycles. The molecule has 0 radical (unpaired) electrons. The van der Waals surface area contributed by atoms with Gasteiger partial charge in [0.15, 0.2) is 0 Å². The van der Waals surface area contributed by atoms with Gasteiger partial charge in [-0.1, -0.05) is 29.5 Å². The molecule has 164 valence electrons. The van der Waals surface area contributed by atoms with Gasteiger partial charge in [-0.3, -0.25) is 4.98 Å². The molecule has 0 aliphatic rings. The van der Waals surface area contributed by atoms with E-state index < -0.39 is 11.7 Å². The van der Waals surface area contributed by atoms with Crippen LogP contribution in [0.4, 0.5) is 24.0 Å². The van der Waals surface area contributed by atoms with Gasteiger partial charge in [0.1, 0.15) is 16.5 Å². The van der Waals surface area contributed by atoms with E-state index in [1.165, 1.54) is 17.4 Å². The highest BCUT2D eigenvalue weighted by atomic mass is 32.1. The summed E-state index contributed by atoms with van der Waals surface area (Å²) in [4.78, 5) is 4.33. The highest BCUT2D eigenvalue weighted by Gasteiger charge is 2.30. The Morgan fingerprint density at radius 1 is 0.848 bits per heavy atom. The van der Waals surface area contributed by atoms with E-state index in [4.69, 9.17) is 4.74 Å². The summed E-state index contributed by atoms with van der Waals surface area (Å²) in [7, 11) is 0. The number of pyridine rings is 1. The van der Waals surface area contributed by atoms with E-state index in [1.54, 1.807) is 12.3 Å². The fraction of sp³-hybridized carbons (Fsp3) is 0.0417. The maximum Gasteiger partial charge on any atom is 0.416 e. The van der Waals surface area contributed by atoms with Crippen molar-refractivity contribution in [2.24, 2.45) is 0 Å². The number of para-hydroxylation sites is 1. The average Bonchev–Trinajstić information content (AvgIpc) is 3.28. The molecule has 0 atom stereocenters. The van der Waals surface area contributed by atoms with Crippen molar-refractivity contribution in [2.45, 2.75) is 6.18 Å². The SMILES string of the molecule is FC(F)(F)c1cccc(Nc2nnc(-c3ccc(Oc4ccnc5ccccc45)cc3)s2)c1. The van der Waals surface area contributed by atoms with Gasteiger partial charge < -0.3 is 10.1 Å². The van der Waals surface area contributed by atoms with Gasteiger partial charge in [0, 0.05) is 22.8 Å². The molecule has 0 spiro atoms. The monoisotopic (exact) mass is 464 g/mol. The molecule has 1 N–H and O–H groups in total. The number of hydrogen-bond donors (Lipinski definition) is 1. The molecule has 5 aromatic rings. The molecule has 2 aromatic heterocycles. The first-order valence-corrected chi connectivity index (χ1v) is 10.7. The molecule has 9 heteroatoms.